The third-order valence-electron chi connectivity index (χ3n) is 2.56. The van der Waals surface area contributed by atoms with Gasteiger partial charge in [-0.05, 0) is 17.7 Å². The summed E-state index contributed by atoms with van der Waals surface area (Å²) in [5.74, 6) is -0.349. The maximum Gasteiger partial charge on any atom is 0.340 e. The van der Waals surface area contributed by atoms with Crippen molar-refractivity contribution in [2.75, 3.05) is 13.7 Å². The smallest absolute Gasteiger partial charge is 0.340 e. The first kappa shape index (κ1) is 10.5. The van der Waals surface area contributed by atoms with Gasteiger partial charge in [0.05, 0.1) is 7.11 Å². The number of methoxy groups -OCH3 is 1. The molecule has 1 aliphatic rings. The van der Waals surface area contributed by atoms with Gasteiger partial charge in [0.25, 0.3) is 0 Å². The number of aliphatic imine (C=N–C) groups is 1. The highest BCUT2D eigenvalue weighted by atomic mass is 16.5. The second-order valence-corrected chi connectivity index (χ2v) is 3.44. The molecular formula is C11H11NO4. The zero-order valence-electron chi connectivity index (χ0n) is 8.71. The second kappa shape index (κ2) is 3.84. The zero-order valence-corrected chi connectivity index (χ0v) is 8.71. The summed E-state index contributed by atoms with van der Waals surface area (Å²) in [5.41, 5.74) is -0.735. The minimum Gasteiger partial charge on any atom is -0.497 e. The van der Waals surface area contributed by atoms with Gasteiger partial charge in [-0.1, -0.05) is 12.1 Å². The predicted octanol–water partition coefficient (Wildman–Crippen LogP) is 1.03. The fourth-order valence-corrected chi connectivity index (χ4v) is 1.59. The first-order chi connectivity index (χ1) is 7.69. The molecule has 1 aromatic carbocycles. The van der Waals surface area contributed by atoms with Crippen molar-refractivity contribution in [2.24, 2.45) is 4.99 Å². The minimum absolute atomic E-state index is 0.0225. The summed E-state index contributed by atoms with van der Waals surface area (Å²) in [7, 11) is 1.55. The molecule has 1 aromatic rings. The van der Waals surface area contributed by atoms with E-state index in [0.717, 1.165) is 0 Å². The molecule has 1 heterocycles. The number of aliphatic carboxylic acids is 1. The predicted molar refractivity (Wildman–Crippen MR) is 56.8 cm³/mol. The maximum absolute atomic E-state index is 11.3. The topological polar surface area (TPSA) is 68.1 Å². The fraction of sp³-hybridized carbons (Fsp3) is 0.273. The molecule has 0 saturated carbocycles. The molecule has 0 aromatic heterocycles. The molecule has 0 fully saturated rings. The summed E-state index contributed by atoms with van der Waals surface area (Å²) >= 11 is 0. The number of rotatable bonds is 3. The Labute approximate surface area is 92.3 Å². The van der Waals surface area contributed by atoms with Gasteiger partial charge in [0, 0.05) is 0 Å². The molecule has 1 aliphatic heterocycles. The number of nitrogens with zero attached hydrogens (tertiary/aromatic N) is 1. The van der Waals surface area contributed by atoms with Crippen LogP contribution in [0.25, 0.3) is 0 Å². The van der Waals surface area contributed by atoms with Gasteiger partial charge >= 0.3 is 5.97 Å². The number of hydrogen-bond acceptors (Lipinski definition) is 4. The highest BCUT2D eigenvalue weighted by molar-refractivity contribution is 5.84. The van der Waals surface area contributed by atoms with Gasteiger partial charge in [-0.3, -0.25) is 0 Å². The molecule has 0 spiro atoms. The molecule has 0 radical (unpaired) electrons. The van der Waals surface area contributed by atoms with Crippen LogP contribution >= 0.6 is 0 Å². The number of carbonyl (C=O) groups is 1. The van der Waals surface area contributed by atoms with Crippen molar-refractivity contribution in [2.45, 2.75) is 5.54 Å². The van der Waals surface area contributed by atoms with Crippen molar-refractivity contribution in [1.29, 1.82) is 0 Å². The number of carboxylic acids is 1. The Balaban J connectivity index is 2.40. The molecule has 1 unspecified atom stereocenters. The Kier molecular flexibility index (Phi) is 2.52. The average Bonchev–Trinajstić information content (AvgIpc) is 2.79. The van der Waals surface area contributed by atoms with Crippen molar-refractivity contribution in [3.05, 3.63) is 29.8 Å². The minimum atomic E-state index is -1.31. The lowest BCUT2D eigenvalue weighted by atomic mass is 9.92. The van der Waals surface area contributed by atoms with Gasteiger partial charge in [-0.15, -0.1) is 0 Å². The molecule has 0 amide bonds. The highest BCUT2D eigenvalue weighted by Crippen LogP contribution is 2.30. The lowest BCUT2D eigenvalue weighted by Crippen LogP contribution is -2.35. The molecule has 84 valence electrons. The van der Waals surface area contributed by atoms with Crippen LogP contribution in [-0.2, 0) is 15.1 Å². The first-order valence-corrected chi connectivity index (χ1v) is 4.72. The van der Waals surface area contributed by atoms with E-state index < -0.39 is 11.5 Å². The zero-order chi connectivity index (χ0) is 11.6. The molecule has 2 rings (SSSR count). The molecule has 0 aliphatic carbocycles. The number of ether oxygens (including phenoxy) is 2. The van der Waals surface area contributed by atoms with Gasteiger partial charge in [0.1, 0.15) is 12.4 Å². The standard InChI is InChI=1S/C11H11NO4/c1-15-9-4-2-8(3-5-9)11(10(13)14)6-16-7-12-11/h2-5,7H,6H2,1H3,(H,13,14). The van der Waals surface area contributed by atoms with E-state index in [2.05, 4.69) is 4.99 Å². The molecule has 0 saturated heterocycles. The summed E-state index contributed by atoms with van der Waals surface area (Å²) in [6, 6.07) is 6.76. The van der Waals surface area contributed by atoms with Crippen LogP contribution < -0.4 is 4.74 Å². The highest BCUT2D eigenvalue weighted by Gasteiger charge is 2.43. The van der Waals surface area contributed by atoms with Gasteiger partial charge in [-0.25, -0.2) is 9.79 Å². The monoisotopic (exact) mass is 221 g/mol. The first-order valence-electron chi connectivity index (χ1n) is 4.72. The third kappa shape index (κ3) is 1.50. The Morgan fingerprint density at radius 2 is 2.19 bits per heavy atom. The van der Waals surface area contributed by atoms with Gasteiger partial charge < -0.3 is 14.6 Å². The number of benzene rings is 1. The van der Waals surface area contributed by atoms with Crippen LogP contribution in [0.5, 0.6) is 5.75 Å². The molecule has 0 bridgehead atoms. The van der Waals surface area contributed by atoms with Crippen molar-refractivity contribution >= 4 is 12.4 Å². The van der Waals surface area contributed by atoms with E-state index in [4.69, 9.17) is 9.47 Å². The van der Waals surface area contributed by atoms with E-state index in [0.29, 0.717) is 11.3 Å². The average molecular weight is 221 g/mol. The summed E-state index contributed by atoms with van der Waals surface area (Å²) in [5, 5.41) is 9.22. The SMILES string of the molecule is COc1ccc(C2(C(=O)O)COC=N2)cc1. The Hall–Kier alpha value is -2.04. The van der Waals surface area contributed by atoms with Crippen molar-refractivity contribution in [1.82, 2.24) is 0 Å². The van der Waals surface area contributed by atoms with Crippen molar-refractivity contribution in [3.63, 3.8) is 0 Å². The van der Waals surface area contributed by atoms with E-state index in [1.54, 1.807) is 31.4 Å². The van der Waals surface area contributed by atoms with Crippen LogP contribution in [-0.4, -0.2) is 31.2 Å². The lowest BCUT2D eigenvalue weighted by Gasteiger charge is -2.19. The van der Waals surface area contributed by atoms with Crippen LogP contribution in [0.4, 0.5) is 0 Å². The normalized spacial score (nSPS) is 22.8. The van der Waals surface area contributed by atoms with Crippen LogP contribution in [0, 0.1) is 0 Å². The van der Waals surface area contributed by atoms with E-state index in [-0.39, 0.29) is 6.61 Å². The van der Waals surface area contributed by atoms with Gasteiger partial charge in [0.2, 0.25) is 5.54 Å². The van der Waals surface area contributed by atoms with Crippen LogP contribution in [0.2, 0.25) is 0 Å². The molecule has 1 atom stereocenters. The fourth-order valence-electron chi connectivity index (χ4n) is 1.59. The quantitative estimate of drug-likeness (QED) is 0.827. The van der Waals surface area contributed by atoms with Crippen LogP contribution in [0.3, 0.4) is 0 Å². The van der Waals surface area contributed by atoms with E-state index >= 15 is 0 Å². The van der Waals surface area contributed by atoms with Gasteiger partial charge in [0.15, 0.2) is 6.40 Å². The summed E-state index contributed by atoms with van der Waals surface area (Å²) in [6.07, 6.45) is 1.18. The number of carboxylic acid groups (broad SMARTS) is 1. The van der Waals surface area contributed by atoms with Gasteiger partial charge in [-0.2, -0.15) is 0 Å². The van der Waals surface area contributed by atoms with E-state index in [9.17, 15) is 9.90 Å². The molecule has 1 N–H and O–H groups in total. The summed E-state index contributed by atoms with van der Waals surface area (Å²) < 4.78 is 9.94. The summed E-state index contributed by atoms with van der Waals surface area (Å²) in [4.78, 5) is 15.2. The third-order valence-corrected chi connectivity index (χ3v) is 2.56. The molecule has 16 heavy (non-hydrogen) atoms. The largest absolute Gasteiger partial charge is 0.497 e. The van der Waals surface area contributed by atoms with Crippen molar-refractivity contribution < 1.29 is 19.4 Å². The van der Waals surface area contributed by atoms with Crippen LogP contribution in [0.15, 0.2) is 29.3 Å². The lowest BCUT2D eigenvalue weighted by molar-refractivity contribution is -0.144. The van der Waals surface area contributed by atoms with E-state index in [1.165, 1.54) is 6.40 Å². The molecule has 5 nitrogen and oxygen atoms in total. The Morgan fingerprint density at radius 1 is 1.50 bits per heavy atom. The Bertz CT molecular complexity index is 426. The summed E-state index contributed by atoms with van der Waals surface area (Å²) in [6.45, 7) is 0.0225. The van der Waals surface area contributed by atoms with Crippen molar-refractivity contribution in [3.8, 4) is 5.75 Å². The number of hydrogen-bond donors (Lipinski definition) is 1. The second-order valence-electron chi connectivity index (χ2n) is 3.44. The Morgan fingerprint density at radius 3 is 2.62 bits per heavy atom. The van der Waals surface area contributed by atoms with Crippen LogP contribution in [0.1, 0.15) is 5.56 Å². The molecule has 5 heteroatoms. The maximum atomic E-state index is 11.3. The van der Waals surface area contributed by atoms with E-state index in [1.807, 2.05) is 0 Å². The molecular weight excluding hydrogens is 210 g/mol.